The van der Waals surface area contributed by atoms with Gasteiger partial charge in [-0.3, -0.25) is 0 Å². The molecule has 2 amide bonds. The maximum absolute atomic E-state index is 11.4. The molecule has 0 aliphatic rings. The summed E-state index contributed by atoms with van der Waals surface area (Å²) in [6.07, 6.45) is 0.663. The molecular formula is C11H15N3O4. The van der Waals surface area contributed by atoms with E-state index in [2.05, 4.69) is 10.6 Å². The lowest BCUT2D eigenvalue weighted by atomic mass is 10.2. The molecule has 6 N–H and O–H groups in total. The molecule has 0 radical (unpaired) electrons. The number of aromatic carboxylic acids is 1. The Morgan fingerprint density at radius 2 is 2.06 bits per heavy atom. The van der Waals surface area contributed by atoms with Crippen molar-refractivity contribution in [3.05, 3.63) is 23.8 Å². The number of hydrogen-bond donors (Lipinski definition) is 5. The number of carboxylic acid groups (broad SMARTS) is 1. The summed E-state index contributed by atoms with van der Waals surface area (Å²) in [6, 6.07) is 3.34. The number of rotatable bonds is 5. The van der Waals surface area contributed by atoms with Crippen molar-refractivity contribution in [3.8, 4) is 5.75 Å². The number of carbonyl (C=O) groups is 2. The van der Waals surface area contributed by atoms with Gasteiger partial charge in [-0.2, -0.15) is 0 Å². The van der Waals surface area contributed by atoms with Crippen molar-refractivity contribution in [2.75, 3.05) is 18.4 Å². The minimum Gasteiger partial charge on any atom is -0.507 e. The van der Waals surface area contributed by atoms with Crippen LogP contribution in [0.3, 0.4) is 0 Å². The highest BCUT2D eigenvalue weighted by Crippen LogP contribution is 2.21. The van der Waals surface area contributed by atoms with Crippen LogP contribution in [0.5, 0.6) is 5.75 Å². The Morgan fingerprint density at radius 3 is 2.61 bits per heavy atom. The lowest BCUT2D eigenvalue weighted by Crippen LogP contribution is -2.30. The first-order valence-electron chi connectivity index (χ1n) is 5.36. The molecule has 7 heteroatoms. The zero-order chi connectivity index (χ0) is 13.5. The molecule has 0 bridgehead atoms. The molecule has 7 nitrogen and oxygen atoms in total. The molecule has 0 heterocycles. The topological polar surface area (TPSA) is 125 Å². The number of carbonyl (C=O) groups excluding carboxylic acids is 1. The van der Waals surface area contributed by atoms with E-state index in [1.54, 1.807) is 0 Å². The lowest BCUT2D eigenvalue weighted by Gasteiger charge is -2.08. The van der Waals surface area contributed by atoms with E-state index >= 15 is 0 Å². The van der Waals surface area contributed by atoms with Gasteiger partial charge in [-0.1, -0.05) is 0 Å². The Hall–Kier alpha value is -2.28. The van der Waals surface area contributed by atoms with Gasteiger partial charge in [0.15, 0.2) is 0 Å². The number of nitrogens with two attached hydrogens (primary N) is 1. The summed E-state index contributed by atoms with van der Waals surface area (Å²) in [5.74, 6) is -1.63. The highest BCUT2D eigenvalue weighted by atomic mass is 16.4. The van der Waals surface area contributed by atoms with Crippen molar-refractivity contribution < 1.29 is 19.8 Å². The first-order chi connectivity index (χ1) is 8.54. The lowest BCUT2D eigenvalue weighted by molar-refractivity contribution is 0.0694. The summed E-state index contributed by atoms with van der Waals surface area (Å²) >= 11 is 0. The van der Waals surface area contributed by atoms with Gasteiger partial charge in [0.25, 0.3) is 0 Å². The second kappa shape index (κ2) is 6.45. The standard InChI is InChI=1S/C11H15N3O4/c12-4-1-5-13-11(18)14-7-2-3-8(10(16)17)9(15)6-7/h2-3,6,15H,1,4-5,12H2,(H,16,17)(H2,13,14,18). The van der Waals surface area contributed by atoms with Gasteiger partial charge in [-0.25, -0.2) is 9.59 Å². The second-order valence-electron chi connectivity index (χ2n) is 3.56. The fourth-order valence-corrected chi connectivity index (χ4v) is 1.27. The van der Waals surface area contributed by atoms with Crippen molar-refractivity contribution in [1.82, 2.24) is 5.32 Å². The zero-order valence-electron chi connectivity index (χ0n) is 9.64. The molecule has 1 rings (SSSR count). The third-order valence-electron chi connectivity index (χ3n) is 2.15. The number of carboxylic acids is 1. The third kappa shape index (κ3) is 3.95. The SMILES string of the molecule is NCCCNC(=O)Nc1ccc(C(=O)O)c(O)c1. The van der Waals surface area contributed by atoms with E-state index in [1.807, 2.05) is 0 Å². The van der Waals surface area contributed by atoms with Crippen molar-refractivity contribution in [1.29, 1.82) is 0 Å². The number of urea groups is 1. The molecule has 98 valence electrons. The number of nitrogens with one attached hydrogen (secondary N) is 2. The second-order valence-corrected chi connectivity index (χ2v) is 3.56. The molecule has 0 aliphatic carbocycles. The number of benzene rings is 1. The Kier molecular flexibility index (Phi) is 4.94. The smallest absolute Gasteiger partial charge is 0.339 e. The van der Waals surface area contributed by atoms with Crippen LogP contribution in [0.15, 0.2) is 18.2 Å². The molecule has 0 aromatic heterocycles. The Bertz CT molecular complexity index is 448. The number of phenols is 1. The summed E-state index contributed by atoms with van der Waals surface area (Å²) in [5, 5.41) is 23.2. The van der Waals surface area contributed by atoms with Crippen molar-refractivity contribution in [2.45, 2.75) is 6.42 Å². The maximum Gasteiger partial charge on any atom is 0.339 e. The van der Waals surface area contributed by atoms with Gasteiger partial charge >= 0.3 is 12.0 Å². The summed E-state index contributed by atoms with van der Waals surface area (Å²) in [7, 11) is 0. The van der Waals surface area contributed by atoms with Crippen LogP contribution in [0.25, 0.3) is 0 Å². The van der Waals surface area contributed by atoms with Gasteiger partial charge in [-0.05, 0) is 25.1 Å². The van der Waals surface area contributed by atoms with Crippen LogP contribution in [0.4, 0.5) is 10.5 Å². The Morgan fingerprint density at radius 1 is 1.33 bits per heavy atom. The van der Waals surface area contributed by atoms with Crippen molar-refractivity contribution in [3.63, 3.8) is 0 Å². The van der Waals surface area contributed by atoms with Gasteiger partial charge < -0.3 is 26.6 Å². The molecule has 0 spiro atoms. The minimum absolute atomic E-state index is 0.218. The van der Waals surface area contributed by atoms with E-state index in [0.717, 1.165) is 0 Å². The van der Waals surface area contributed by atoms with E-state index in [1.165, 1.54) is 18.2 Å². The zero-order valence-corrected chi connectivity index (χ0v) is 9.64. The van der Waals surface area contributed by atoms with E-state index in [-0.39, 0.29) is 5.56 Å². The van der Waals surface area contributed by atoms with Gasteiger partial charge in [0, 0.05) is 18.3 Å². The van der Waals surface area contributed by atoms with Crippen molar-refractivity contribution >= 4 is 17.7 Å². The van der Waals surface area contributed by atoms with E-state index in [0.29, 0.717) is 25.2 Å². The molecule has 0 atom stereocenters. The average Bonchev–Trinajstić information content (AvgIpc) is 2.28. The predicted molar refractivity (Wildman–Crippen MR) is 65.8 cm³/mol. The van der Waals surface area contributed by atoms with Crippen LogP contribution in [0.2, 0.25) is 0 Å². The summed E-state index contributed by atoms with van der Waals surface area (Å²) in [5.41, 5.74) is 5.36. The minimum atomic E-state index is -1.23. The monoisotopic (exact) mass is 253 g/mol. The van der Waals surface area contributed by atoms with Crippen LogP contribution in [-0.4, -0.2) is 35.3 Å². The summed E-state index contributed by atoms with van der Waals surface area (Å²) in [6.45, 7) is 0.926. The van der Waals surface area contributed by atoms with E-state index in [4.69, 9.17) is 10.8 Å². The molecule has 0 saturated carbocycles. The third-order valence-corrected chi connectivity index (χ3v) is 2.15. The number of anilines is 1. The average molecular weight is 253 g/mol. The highest BCUT2D eigenvalue weighted by molar-refractivity contribution is 5.93. The van der Waals surface area contributed by atoms with Gasteiger partial charge in [-0.15, -0.1) is 0 Å². The molecule has 18 heavy (non-hydrogen) atoms. The van der Waals surface area contributed by atoms with Crippen LogP contribution in [0, 0.1) is 0 Å². The number of amides is 2. The first-order valence-corrected chi connectivity index (χ1v) is 5.36. The van der Waals surface area contributed by atoms with Crippen LogP contribution < -0.4 is 16.4 Å². The maximum atomic E-state index is 11.4. The van der Waals surface area contributed by atoms with Crippen molar-refractivity contribution in [2.24, 2.45) is 5.73 Å². The molecule has 0 aliphatic heterocycles. The Balaban J connectivity index is 2.60. The normalized spacial score (nSPS) is 9.83. The van der Waals surface area contributed by atoms with E-state index < -0.39 is 17.7 Å². The number of hydrogen-bond acceptors (Lipinski definition) is 4. The largest absolute Gasteiger partial charge is 0.507 e. The van der Waals surface area contributed by atoms with Gasteiger partial charge in [0.2, 0.25) is 0 Å². The molecule has 1 aromatic carbocycles. The molecule has 0 fully saturated rings. The van der Waals surface area contributed by atoms with E-state index in [9.17, 15) is 14.7 Å². The van der Waals surface area contributed by atoms with Crippen LogP contribution in [-0.2, 0) is 0 Å². The Labute approximate surface area is 104 Å². The van der Waals surface area contributed by atoms with Gasteiger partial charge in [0.1, 0.15) is 11.3 Å². The first kappa shape index (κ1) is 13.8. The summed E-state index contributed by atoms with van der Waals surface area (Å²) < 4.78 is 0. The van der Waals surface area contributed by atoms with Gasteiger partial charge in [0.05, 0.1) is 0 Å². The molecule has 0 saturated heterocycles. The molecular weight excluding hydrogens is 238 g/mol. The fraction of sp³-hybridized carbons (Fsp3) is 0.273. The highest BCUT2D eigenvalue weighted by Gasteiger charge is 2.10. The van der Waals surface area contributed by atoms with Crippen LogP contribution >= 0.6 is 0 Å². The number of aromatic hydroxyl groups is 1. The van der Waals surface area contributed by atoms with Crippen LogP contribution in [0.1, 0.15) is 16.8 Å². The molecule has 0 unspecified atom stereocenters. The molecule has 1 aromatic rings. The quantitative estimate of drug-likeness (QED) is 0.490. The fourth-order valence-electron chi connectivity index (χ4n) is 1.27. The predicted octanol–water partition coefficient (Wildman–Crippen LogP) is 0.561. The summed E-state index contributed by atoms with van der Waals surface area (Å²) in [4.78, 5) is 22.0.